The molecule has 1 aliphatic carbocycles. The smallest absolute Gasteiger partial charge is 0.0721 e. The monoisotopic (exact) mass is 378 g/mol. The van der Waals surface area contributed by atoms with Crippen molar-refractivity contribution in [2.75, 3.05) is 0 Å². The molecule has 3 heteroatoms. The summed E-state index contributed by atoms with van der Waals surface area (Å²) in [5.41, 5.74) is 1.17. The molecule has 2 unspecified atom stereocenters. The van der Waals surface area contributed by atoms with Crippen molar-refractivity contribution < 1.29 is 4.74 Å². The fraction of sp³-hybridized carbons (Fsp3) is 0.600. The van der Waals surface area contributed by atoms with Gasteiger partial charge in [0, 0.05) is 8.95 Å². The van der Waals surface area contributed by atoms with Crippen LogP contribution in [0.25, 0.3) is 0 Å². The van der Waals surface area contributed by atoms with Crippen molar-refractivity contribution in [3.05, 3.63) is 34.9 Å². The Balaban J connectivity index is 1.87. The van der Waals surface area contributed by atoms with E-state index in [1.807, 2.05) is 18.2 Å². The number of hydrogen-bond donors (Lipinski definition) is 0. The molecule has 100 valence electrons. The molecule has 0 heterocycles. The Morgan fingerprint density at radius 2 is 1.94 bits per heavy atom. The minimum Gasteiger partial charge on any atom is -0.372 e. The predicted molar refractivity (Wildman–Crippen MR) is 85.5 cm³/mol. The lowest BCUT2D eigenvalue weighted by molar-refractivity contribution is 0.0309. The third-order valence-corrected chi connectivity index (χ3v) is 5.14. The van der Waals surface area contributed by atoms with Crippen molar-refractivity contribution in [3.8, 4) is 0 Å². The third kappa shape index (κ3) is 4.71. The number of benzene rings is 1. The SMILES string of the molecule is Clc1cccc(COC2CCCCCCC2I)c1. The average molecular weight is 379 g/mol. The van der Waals surface area contributed by atoms with E-state index in [1.165, 1.54) is 44.1 Å². The summed E-state index contributed by atoms with van der Waals surface area (Å²) >= 11 is 8.54. The van der Waals surface area contributed by atoms with Gasteiger partial charge in [0.2, 0.25) is 0 Å². The van der Waals surface area contributed by atoms with Gasteiger partial charge >= 0.3 is 0 Å². The number of alkyl halides is 1. The molecule has 2 rings (SSSR count). The highest BCUT2D eigenvalue weighted by Crippen LogP contribution is 2.26. The minimum absolute atomic E-state index is 0.407. The van der Waals surface area contributed by atoms with Crippen molar-refractivity contribution in [3.63, 3.8) is 0 Å². The van der Waals surface area contributed by atoms with E-state index in [1.54, 1.807) is 0 Å². The molecule has 0 radical (unpaired) electrons. The van der Waals surface area contributed by atoms with Crippen LogP contribution >= 0.6 is 34.2 Å². The van der Waals surface area contributed by atoms with Crippen LogP contribution in [0.1, 0.15) is 44.1 Å². The molecule has 1 fully saturated rings. The maximum atomic E-state index is 6.11. The van der Waals surface area contributed by atoms with Crippen molar-refractivity contribution >= 4 is 34.2 Å². The van der Waals surface area contributed by atoms with Crippen LogP contribution < -0.4 is 0 Å². The highest BCUT2D eigenvalue weighted by Gasteiger charge is 2.20. The van der Waals surface area contributed by atoms with E-state index < -0.39 is 0 Å². The molecule has 0 amide bonds. The molecule has 0 aliphatic heterocycles. The molecule has 0 aromatic heterocycles. The lowest BCUT2D eigenvalue weighted by Crippen LogP contribution is -2.25. The zero-order valence-electron chi connectivity index (χ0n) is 10.6. The van der Waals surface area contributed by atoms with Gasteiger partial charge < -0.3 is 4.74 Å². The van der Waals surface area contributed by atoms with E-state index in [4.69, 9.17) is 16.3 Å². The molecule has 1 aromatic carbocycles. The maximum Gasteiger partial charge on any atom is 0.0721 e. The van der Waals surface area contributed by atoms with E-state index in [9.17, 15) is 0 Å². The van der Waals surface area contributed by atoms with Crippen LogP contribution in [-0.4, -0.2) is 10.0 Å². The first kappa shape index (κ1) is 14.6. The van der Waals surface area contributed by atoms with Gasteiger partial charge in [-0.15, -0.1) is 0 Å². The minimum atomic E-state index is 0.407. The quantitative estimate of drug-likeness (QED) is 0.506. The molecule has 0 bridgehead atoms. The third-order valence-electron chi connectivity index (χ3n) is 3.48. The molecule has 1 nitrogen and oxygen atoms in total. The second kappa shape index (κ2) is 7.71. The molecule has 2 atom stereocenters. The fourth-order valence-corrected chi connectivity index (χ4v) is 3.64. The highest BCUT2D eigenvalue weighted by atomic mass is 127. The molecule has 0 saturated heterocycles. The summed E-state index contributed by atoms with van der Waals surface area (Å²) in [6, 6.07) is 7.96. The molecular weight excluding hydrogens is 359 g/mol. The van der Waals surface area contributed by atoms with Crippen molar-refractivity contribution in [1.29, 1.82) is 0 Å². The number of halogens is 2. The Hall–Kier alpha value is 0.200. The number of ether oxygens (including phenoxy) is 1. The zero-order valence-corrected chi connectivity index (χ0v) is 13.5. The molecule has 0 N–H and O–H groups in total. The molecule has 1 aliphatic rings. The fourth-order valence-electron chi connectivity index (χ4n) is 2.42. The predicted octanol–water partition coefficient (Wildman–Crippen LogP) is 5.38. The lowest BCUT2D eigenvalue weighted by Gasteiger charge is -2.25. The van der Waals surface area contributed by atoms with Crippen LogP contribution in [-0.2, 0) is 11.3 Å². The number of rotatable bonds is 3. The van der Waals surface area contributed by atoms with Crippen LogP contribution in [0.4, 0.5) is 0 Å². The first-order valence-corrected chi connectivity index (χ1v) is 8.38. The second-order valence-electron chi connectivity index (χ2n) is 4.99. The first-order valence-electron chi connectivity index (χ1n) is 6.76. The average Bonchev–Trinajstić information content (AvgIpc) is 2.34. The molecule has 0 spiro atoms. The van der Waals surface area contributed by atoms with Crippen molar-refractivity contribution in [2.24, 2.45) is 0 Å². The van der Waals surface area contributed by atoms with Gasteiger partial charge in [-0.05, 0) is 30.5 Å². The number of hydrogen-bond acceptors (Lipinski definition) is 1. The molecular formula is C15H20ClIO. The van der Waals surface area contributed by atoms with Gasteiger partial charge in [-0.3, -0.25) is 0 Å². The summed E-state index contributed by atoms with van der Waals surface area (Å²) < 4.78 is 6.76. The normalized spacial score (nSPS) is 25.4. The van der Waals surface area contributed by atoms with Gasteiger partial charge in [-0.25, -0.2) is 0 Å². The first-order chi connectivity index (χ1) is 8.75. The van der Waals surface area contributed by atoms with E-state index >= 15 is 0 Å². The van der Waals surface area contributed by atoms with Gasteiger partial charge in [0.25, 0.3) is 0 Å². The summed E-state index contributed by atoms with van der Waals surface area (Å²) in [7, 11) is 0. The standard InChI is InChI=1S/C15H20ClIO/c16-13-7-5-6-12(10-13)11-18-15-9-4-2-1-3-8-14(15)17/h5-7,10,14-15H,1-4,8-9,11H2. The van der Waals surface area contributed by atoms with Crippen LogP contribution in [0.15, 0.2) is 24.3 Å². The van der Waals surface area contributed by atoms with E-state index in [2.05, 4.69) is 28.7 Å². The molecule has 18 heavy (non-hydrogen) atoms. The van der Waals surface area contributed by atoms with Gasteiger partial charge in [0.1, 0.15) is 0 Å². The Morgan fingerprint density at radius 3 is 2.72 bits per heavy atom. The van der Waals surface area contributed by atoms with Gasteiger partial charge in [0.05, 0.1) is 12.7 Å². The topological polar surface area (TPSA) is 9.23 Å². The highest BCUT2D eigenvalue weighted by molar-refractivity contribution is 14.1. The van der Waals surface area contributed by atoms with E-state index in [0.717, 1.165) is 5.02 Å². The summed E-state index contributed by atoms with van der Waals surface area (Å²) in [4.78, 5) is 0. The molecule has 1 saturated carbocycles. The largest absolute Gasteiger partial charge is 0.372 e. The van der Waals surface area contributed by atoms with Crippen LogP contribution in [0.5, 0.6) is 0 Å². The summed E-state index contributed by atoms with van der Waals surface area (Å²) in [5.74, 6) is 0. The Bertz CT molecular complexity index is 369. The van der Waals surface area contributed by atoms with Gasteiger partial charge in [0.15, 0.2) is 0 Å². The maximum absolute atomic E-state index is 6.11. The summed E-state index contributed by atoms with van der Waals surface area (Å²) in [6.07, 6.45) is 8.31. The Kier molecular flexibility index (Phi) is 6.25. The lowest BCUT2D eigenvalue weighted by atomic mass is 9.98. The van der Waals surface area contributed by atoms with Gasteiger partial charge in [-0.1, -0.05) is 72.0 Å². The van der Waals surface area contributed by atoms with Gasteiger partial charge in [-0.2, -0.15) is 0 Å². The Labute approximate surface area is 128 Å². The Morgan fingerprint density at radius 1 is 1.17 bits per heavy atom. The van der Waals surface area contributed by atoms with Crippen molar-refractivity contribution in [1.82, 2.24) is 0 Å². The zero-order chi connectivity index (χ0) is 12.8. The second-order valence-corrected chi connectivity index (χ2v) is 7.02. The van der Waals surface area contributed by atoms with Crippen LogP contribution in [0.3, 0.4) is 0 Å². The van der Waals surface area contributed by atoms with Crippen LogP contribution in [0, 0.1) is 0 Å². The summed E-state index contributed by atoms with van der Waals surface area (Å²) in [5, 5.41) is 0.791. The van der Waals surface area contributed by atoms with E-state index in [-0.39, 0.29) is 0 Å². The van der Waals surface area contributed by atoms with Crippen molar-refractivity contribution in [2.45, 2.75) is 55.2 Å². The summed E-state index contributed by atoms with van der Waals surface area (Å²) in [6.45, 7) is 0.685. The van der Waals surface area contributed by atoms with E-state index in [0.29, 0.717) is 16.6 Å². The molecule has 1 aromatic rings. The van der Waals surface area contributed by atoms with Crippen LogP contribution in [0.2, 0.25) is 5.02 Å².